The van der Waals surface area contributed by atoms with E-state index in [-0.39, 0.29) is 5.54 Å². The predicted octanol–water partition coefficient (Wildman–Crippen LogP) is -0.108. The average molecular weight is 203 g/mol. The van der Waals surface area contributed by atoms with Gasteiger partial charge >= 0.3 is 0 Å². The summed E-state index contributed by atoms with van der Waals surface area (Å²) in [5, 5.41) is 3.47. The summed E-state index contributed by atoms with van der Waals surface area (Å²) in [6, 6.07) is 0. The Morgan fingerprint density at radius 3 is 2.50 bits per heavy atom. The lowest BCUT2D eigenvalue weighted by Crippen LogP contribution is -2.51. The number of nitrogens with zero attached hydrogens (tertiary/aromatic N) is 1. The summed E-state index contributed by atoms with van der Waals surface area (Å²) in [6.45, 7) is 5.53. The second-order valence-electron chi connectivity index (χ2n) is 4.24. The Morgan fingerprint density at radius 1 is 1.43 bits per heavy atom. The summed E-state index contributed by atoms with van der Waals surface area (Å²) in [7, 11) is 5.85. The van der Waals surface area contributed by atoms with Gasteiger partial charge < -0.3 is 20.7 Å². The highest BCUT2D eigenvalue weighted by Gasteiger charge is 2.20. The van der Waals surface area contributed by atoms with Crippen molar-refractivity contribution in [2.45, 2.75) is 18.9 Å². The molecule has 1 atom stereocenters. The van der Waals surface area contributed by atoms with Crippen LogP contribution < -0.4 is 11.1 Å². The molecule has 0 radical (unpaired) electrons. The zero-order valence-electron chi connectivity index (χ0n) is 9.97. The molecule has 4 heteroatoms. The highest BCUT2D eigenvalue weighted by Crippen LogP contribution is 2.06. The molecule has 0 saturated carbocycles. The van der Waals surface area contributed by atoms with Crippen molar-refractivity contribution in [3.8, 4) is 0 Å². The van der Waals surface area contributed by atoms with E-state index in [1.807, 2.05) is 0 Å². The van der Waals surface area contributed by atoms with Crippen LogP contribution in [0.2, 0.25) is 0 Å². The Morgan fingerprint density at radius 2 is 2.07 bits per heavy atom. The standard InChI is InChI=1S/C10H25N3O/c1-10(9-11,5-8-14-4)12-6-7-13(2)3/h12H,5-9,11H2,1-4H3. The topological polar surface area (TPSA) is 50.5 Å². The largest absolute Gasteiger partial charge is 0.385 e. The van der Waals surface area contributed by atoms with Crippen LogP contribution in [-0.2, 0) is 4.74 Å². The van der Waals surface area contributed by atoms with E-state index < -0.39 is 0 Å². The van der Waals surface area contributed by atoms with Gasteiger partial charge in [0.2, 0.25) is 0 Å². The first kappa shape index (κ1) is 13.8. The minimum atomic E-state index is 0.00597. The monoisotopic (exact) mass is 203 g/mol. The van der Waals surface area contributed by atoms with Crippen LogP contribution in [0.25, 0.3) is 0 Å². The molecule has 0 aliphatic rings. The highest BCUT2D eigenvalue weighted by atomic mass is 16.5. The van der Waals surface area contributed by atoms with Gasteiger partial charge in [-0.3, -0.25) is 0 Å². The SMILES string of the molecule is COCCC(C)(CN)NCCN(C)C. The number of hydrogen-bond donors (Lipinski definition) is 2. The Kier molecular flexibility index (Phi) is 7.09. The van der Waals surface area contributed by atoms with Crippen molar-refractivity contribution < 1.29 is 4.74 Å². The number of ether oxygens (including phenoxy) is 1. The van der Waals surface area contributed by atoms with Gasteiger partial charge in [-0.15, -0.1) is 0 Å². The van der Waals surface area contributed by atoms with Gasteiger partial charge in [-0.05, 0) is 27.4 Å². The van der Waals surface area contributed by atoms with Gasteiger partial charge in [-0.25, -0.2) is 0 Å². The zero-order valence-corrected chi connectivity index (χ0v) is 9.97. The van der Waals surface area contributed by atoms with E-state index in [1.54, 1.807) is 7.11 Å². The molecule has 0 aromatic rings. The second-order valence-corrected chi connectivity index (χ2v) is 4.24. The first-order chi connectivity index (χ1) is 6.54. The molecule has 0 rings (SSSR count). The predicted molar refractivity (Wildman–Crippen MR) is 60.5 cm³/mol. The van der Waals surface area contributed by atoms with Gasteiger partial charge in [0, 0.05) is 38.9 Å². The lowest BCUT2D eigenvalue weighted by Gasteiger charge is -2.30. The first-order valence-corrected chi connectivity index (χ1v) is 5.13. The quantitative estimate of drug-likeness (QED) is 0.578. The summed E-state index contributed by atoms with van der Waals surface area (Å²) < 4.78 is 5.06. The van der Waals surface area contributed by atoms with E-state index in [9.17, 15) is 0 Å². The van der Waals surface area contributed by atoms with Crippen LogP contribution in [0.4, 0.5) is 0 Å². The molecule has 14 heavy (non-hydrogen) atoms. The molecule has 0 heterocycles. The molecule has 0 aromatic carbocycles. The molecule has 0 fully saturated rings. The average Bonchev–Trinajstić information content (AvgIpc) is 2.14. The third-order valence-corrected chi connectivity index (χ3v) is 2.42. The van der Waals surface area contributed by atoms with Crippen molar-refractivity contribution >= 4 is 0 Å². The maximum atomic E-state index is 5.73. The second kappa shape index (κ2) is 7.17. The van der Waals surface area contributed by atoms with Crippen LogP contribution in [0, 0.1) is 0 Å². The fraction of sp³-hybridized carbons (Fsp3) is 1.00. The molecule has 0 aliphatic carbocycles. The van der Waals surface area contributed by atoms with E-state index in [0.717, 1.165) is 26.1 Å². The van der Waals surface area contributed by atoms with Gasteiger partial charge in [-0.1, -0.05) is 0 Å². The van der Waals surface area contributed by atoms with Crippen molar-refractivity contribution in [1.29, 1.82) is 0 Å². The molecule has 0 aliphatic heterocycles. The lowest BCUT2D eigenvalue weighted by atomic mass is 9.98. The van der Waals surface area contributed by atoms with Crippen molar-refractivity contribution in [3.05, 3.63) is 0 Å². The Hall–Kier alpha value is -0.160. The van der Waals surface area contributed by atoms with Crippen LogP contribution in [0.5, 0.6) is 0 Å². The van der Waals surface area contributed by atoms with Crippen LogP contribution >= 0.6 is 0 Å². The van der Waals surface area contributed by atoms with E-state index in [0.29, 0.717) is 6.54 Å². The number of rotatable bonds is 8. The number of nitrogens with two attached hydrogens (primary N) is 1. The smallest absolute Gasteiger partial charge is 0.0480 e. The minimum absolute atomic E-state index is 0.00597. The summed E-state index contributed by atoms with van der Waals surface area (Å²) >= 11 is 0. The van der Waals surface area contributed by atoms with Gasteiger partial charge in [0.15, 0.2) is 0 Å². The van der Waals surface area contributed by atoms with Gasteiger partial charge in [0.05, 0.1) is 0 Å². The Balaban J connectivity index is 3.74. The molecule has 0 bridgehead atoms. The Labute approximate surface area is 87.8 Å². The number of hydrogen-bond acceptors (Lipinski definition) is 4. The summed E-state index contributed by atoms with van der Waals surface area (Å²) in [6.07, 6.45) is 0.952. The highest BCUT2D eigenvalue weighted by molar-refractivity contribution is 4.84. The molecule has 0 amide bonds. The van der Waals surface area contributed by atoms with Gasteiger partial charge in [0.25, 0.3) is 0 Å². The van der Waals surface area contributed by atoms with E-state index in [1.165, 1.54) is 0 Å². The molecule has 0 saturated heterocycles. The van der Waals surface area contributed by atoms with Crippen molar-refractivity contribution in [1.82, 2.24) is 10.2 Å². The molecule has 0 aromatic heterocycles. The molecule has 0 spiro atoms. The van der Waals surface area contributed by atoms with Crippen LogP contribution in [-0.4, -0.2) is 57.9 Å². The van der Waals surface area contributed by atoms with Crippen molar-refractivity contribution in [2.75, 3.05) is 47.4 Å². The van der Waals surface area contributed by atoms with Gasteiger partial charge in [0.1, 0.15) is 0 Å². The van der Waals surface area contributed by atoms with E-state index in [4.69, 9.17) is 10.5 Å². The van der Waals surface area contributed by atoms with E-state index in [2.05, 4.69) is 31.2 Å². The maximum Gasteiger partial charge on any atom is 0.0480 e. The third-order valence-electron chi connectivity index (χ3n) is 2.42. The van der Waals surface area contributed by atoms with Crippen LogP contribution in [0.1, 0.15) is 13.3 Å². The molecule has 4 nitrogen and oxygen atoms in total. The van der Waals surface area contributed by atoms with Crippen molar-refractivity contribution in [3.63, 3.8) is 0 Å². The van der Waals surface area contributed by atoms with Crippen LogP contribution in [0.3, 0.4) is 0 Å². The molecule has 86 valence electrons. The summed E-state index contributed by atoms with van der Waals surface area (Å²) in [5.74, 6) is 0. The van der Waals surface area contributed by atoms with Crippen LogP contribution in [0.15, 0.2) is 0 Å². The molecule has 3 N–H and O–H groups in total. The number of likely N-dealkylation sites (N-methyl/N-ethyl adjacent to an activating group) is 1. The summed E-state index contributed by atoms with van der Waals surface area (Å²) in [5.41, 5.74) is 5.74. The normalized spacial score (nSPS) is 15.9. The maximum absolute atomic E-state index is 5.73. The fourth-order valence-corrected chi connectivity index (χ4v) is 1.17. The molecular weight excluding hydrogens is 178 g/mol. The summed E-state index contributed by atoms with van der Waals surface area (Å²) in [4.78, 5) is 2.15. The lowest BCUT2D eigenvalue weighted by molar-refractivity contribution is 0.160. The minimum Gasteiger partial charge on any atom is -0.385 e. The third kappa shape index (κ3) is 6.32. The zero-order chi connectivity index (χ0) is 11.0. The first-order valence-electron chi connectivity index (χ1n) is 5.13. The Bertz CT molecular complexity index is 141. The fourth-order valence-electron chi connectivity index (χ4n) is 1.17. The van der Waals surface area contributed by atoms with Crippen molar-refractivity contribution in [2.24, 2.45) is 5.73 Å². The molecule has 1 unspecified atom stereocenters. The van der Waals surface area contributed by atoms with E-state index >= 15 is 0 Å². The van der Waals surface area contributed by atoms with Gasteiger partial charge in [-0.2, -0.15) is 0 Å². The number of nitrogens with one attached hydrogen (secondary N) is 1. The molecular formula is C10H25N3O. The number of methoxy groups -OCH3 is 1.